The first-order valence-electron chi connectivity index (χ1n) is 5.27. The first-order valence-corrected chi connectivity index (χ1v) is 6.15. The summed E-state index contributed by atoms with van der Waals surface area (Å²) in [6, 6.07) is 7.44. The molecule has 0 aliphatic rings. The molecule has 0 spiro atoms. The highest BCUT2D eigenvalue weighted by Gasteiger charge is 2.10. The van der Waals surface area contributed by atoms with E-state index in [0.29, 0.717) is 10.7 Å². The lowest BCUT2D eigenvalue weighted by Crippen LogP contribution is -2.13. The summed E-state index contributed by atoms with van der Waals surface area (Å²) in [6.07, 6.45) is 2.87. The molecule has 0 bridgehead atoms. The van der Waals surface area contributed by atoms with Crippen molar-refractivity contribution < 1.29 is 9.18 Å². The largest absolute Gasteiger partial charge is 0.297 e. The number of carbonyl (C=O) groups is 1. The Morgan fingerprint density at radius 3 is 3.00 bits per heavy atom. The van der Waals surface area contributed by atoms with E-state index in [-0.39, 0.29) is 5.57 Å². The third-order valence-corrected chi connectivity index (χ3v) is 2.87. The molecule has 6 heteroatoms. The summed E-state index contributed by atoms with van der Waals surface area (Å²) in [7, 11) is 0. The van der Waals surface area contributed by atoms with Gasteiger partial charge in [-0.15, -0.1) is 11.3 Å². The number of nitrogens with zero attached hydrogens (tertiary/aromatic N) is 2. The summed E-state index contributed by atoms with van der Waals surface area (Å²) in [6.45, 7) is 0. The number of anilines is 1. The monoisotopic (exact) mass is 273 g/mol. The second-order valence-corrected chi connectivity index (χ2v) is 4.41. The molecule has 2 rings (SSSR count). The molecule has 94 valence electrons. The average molecular weight is 273 g/mol. The number of nitrogens with one attached hydrogen (secondary N) is 1. The quantitative estimate of drug-likeness (QED) is 0.690. The topological polar surface area (TPSA) is 65.8 Å². The van der Waals surface area contributed by atoms with E-state index in [2.05, 4.69) is 10.3 Å². The van der Waals surface area contributed by atoms with E-state index in [1.54, 1.807) is 23.7 Å². The molecule has 1 N–H and O–H groups in total. The minimum atomic E-state index is -0.568. The maximum absolute atomic E-state index is 13.0. The molecule has 2 aromatic rings. The van der Waals surface area contributed by atoms with E-state index in [1.165, 1.54) is 35.6 Å². The van der Waals surface area contributed by atoms with Gasteiger partial charge in [-0.1, -0.05) is 12.1 Å². The van der Waals surface area contributed by atoms with E-state index in [4.69, 9.17) is 5.26 Å². The molecule has 0 unspecified atom stereocenters. The van der Waals surface area contributed by atoms with Crippen molar-refractivity contribution in [2.24, 2.45) is 0 Å². The molecule has 19 heavy (non-hydrogen) atoms. The summed E-state index contributed by atoms with van der Waals surface area (Å²) in [4.78, 5) is 15.7. The summed E-state index contributed by atoms with van der Waals surface area (Å²) < 4.78 is 13.0. The maximum Gasteiger partial charge on any atom is 0.268 e. The summed E-state index contributed by atoms with van der Waals surface area (Å²) in [5.41, 5.74) is 0.339. The SMILES string of the molecule is N#C/C(=C\c1cccc(F)c1)C(=O)Nc1nccs1. The number of halogens is 1. The number of benzene rings is 1. The van der Waals surface area contributed by atoms with Crippen molar-refractivity contribution >= 4 is 28.5 Å². The Morgan fingerprint density at radius 2 is 2.37 bits per heavy atom. The minimum absolute atomic E-state index is 0.110. The molecule has 0 saturated carbocycles. The van der Waals surface area contributed by atoms with E-state index in [9.17, 15) is 9.18 Å². The van der Waals surface area contributed by atoms with Gasteiger partial charge in [0.1, 0.15) is 17.5 Å². The van der Waals surface area contributed by atoms with Crippen molar-refractivity contribution in [1.29, 1.82) is 5.26 Å². The van der Waals surface area contributed by atoms with Gasteiger partial charge in [-0.2, -0.15) is 5.26 Å². The summed E-state index contributed by atoms with van der Waals surface area (Å²) >= 11 is 1.25. The van der Waals surface area contributed by atoms with Crippen molar-refractivity contribution in [3.63, 3.8) is 0 Å². The van der Waals surface area contributed by atoms with Crippen LogP contribution in [0, 0.1) is 17.1 Å². The number of rotatable bonds is 3. The van der Waals surface area contributed by atoms with Gasteiger partial charge in [-0.3, -0.25) is 10.1 Å². The van der Waals surface area contributed by atoms with Gasteiger partial charge in [0.2, 0.25) is 0 Å². The van der Waals surface area contributed by atoms with E-state index in [0.717, 1.165) is 0 Å². The fourth-order valence-corrected chi connectivity index (χ4v) is 1.89. The fraction of sp³-hybridized carbons (Fsp3) is 0. The van der Waals surface area contributed by atoms with Gasteiger partial charge in [0.25, 0.3) is 5.91 Å². The van der Waals surface area contributed by atoms with Crippen LogP contribution >= 0.6 is 11.3 Å². The van der Waals surface area contributed by atoms with Gasteiger partial charge >= 0.3 is 0 Å². The lowest BCUT2D eigenvalue weighted by atomic mass is 10.1. The number of thiazole rings is 1. The Kier molecular flexibility index (Phi) is 4.00. The van der Waals surface area contributed by atoms with Crippen LogP contribution in [0.2, 0.25) is 0 Å². The molecule has 4 nitrogen and oxygen atoms in total. The molecule has 0 aliphatic heterocycles. The van der Waals surface area contributed by atoms with Gasteiger partial charge in [0, 0.05) is 11.6 Å². The second-order valence-electron chi connectivity index (χ2n) is 3.52. The van der Waals surface area contributed by atoms with E-state index in [1.807, 2.05) is 0 Å². The van der Waals surface area contributed by atoms with Crippen LogP contribution in [0.25, 0.3) is 6.08 Å². The van der Waals surface area contributed by atoms with Crippen LogP contribution in [0.15, 0.2) is 41.4 Å². The predicted octanol–water partition coefficient (Wildman–Crippen LogP) is 2.83. The summed E-state index contributed by atoms with van der Waals surface area (Å²) in [5.74, 6) is -0.993. The highest BCUT2D eigenvalue weighted by Crippen LogP contribution is 2.13. The third kappa shape index (κ3) is 3.47. The number of hydrogen-bond donors (Lipinski definition) is 1. The number of aromatic nitrogens is 1. The van der Waals surface area contributed by atoms with E-state index < -0.39 is 11.7 Å². The molecule has 1 aromatic carbocycles. The molecule has 0 aliphatic carbocycles. The highest BCUT2D eigenvalue weighted by atomic mass is 32.1. The molecular formula is C13H8FN3OS. The van der Waals surface area contributed by atoms with Gasteiger partial charge in [-0.25, -0.2) is 9.37 Å². The van der Waals surface area contributed by atoms with Gasteiger partial charge in [0.05, 0.1) is 0 Å². The van der Waals surface area contributed by atoms with Gasteiger partial charge in [0.15, 0.2) is 5.13 Å². The number of amides is 1. The van der Waals surface area contributed by atoms with Crippen LogP contribution in [-0.2, 0) is 4.79 Å². The van der Waals surface area contributed by atoms with Gasteiger partial charge < -0.3 is 0 Å². The maximum atomic E-state index is 13.0. The normalized spacial score (nSPS) is 10.8. The zero-order chi connectivity index (χ0) is 13.7. The lowest BCUT2D eigenvalue weighted by molar-refractivity contribution is -0.112. The minimum Gasteiger partial charge on any atom is -0.297 e. The molecular weight excluding hydrogens is 265 g/mol. The first-order chi connectivity index (χ1) is 9.19. The zero-order valence-electron chi connectivity index (χ0n) is 9.63. The summed E-state index contributed by atoms with van der Waals surface area (Å²) in [5, 5.41) is 13.6. The predicted molar refractivity (Wildman–Crippen MR) is 70.7 cm³/mol. The highest BCUT2D eigenvalue weighted by molar-refractivity contribution is 7.13. The molecule has 0 fully saturated rings. The van der Waals surface area contributed by atoms with Crippen LogP contribution in [0.4, 0.5) is 9.52 Å². The second kappa shape index (κ2) is 5.89. The van der Waals surface area contributed by atoms with Crippen LogP contribution in [-0.4, -0.2) is 10.9 Å². The Bertz CT molecular complexity index is 659. The molecule has 1 amide bonds. The van der Waals surface area contributed by atoms with Crippen molar-refractivity contribution in [2.45, 2.75) is 0 Å². The Balaban J connectivity index is 2.20. The third-order valence-electron chi connectivity index (χ3n) is 2.18. The average Bonchev–Trinajstić information content (AvgIpc) is 2.88. The molecule has 0 atom stereocenters. The molecule has 0 saturated heterocycles. The number of carbonyl (C=O) groups excluding carboxylic acids is 1. The van der Waals surface area contributed by atoms with Crippen molar-refractivity contribution in [2.75, 3.05) is 5.32 Å². The molecule has 0 radical (unpaired) electrons. The molecule has 1 heterocycles. The van der Waals surface area contributed by atoms with E-state index >= 15 is 0 Å². The number of hydrogen-bond acceptors (Lipinski definition) is 4. The van der Waals surface area contributed by atoms with Crippen molar-refractivity contribution in [3.05, 3.63) is 52.8 Å². The fourth-order valence-electron chi connectivity index (χ4n) is 1.36. The first kappa shape index (κ1) is 12.9. The van der Waals surface area contributed by atoms with Crippen molar-refractivity contribution in [1.82, 2.24) is 4.98 Å². The Labute approximate surface area is 112 Å². The smallest absolute Gasteiger partial charge is 0.268 e. The number of nitriles is 1. The van der Waals surface area contributed by atoms with Crippen LogP contribution in [0.5, 0.6) is 0 Å². The Hall–Kier alpha value is -2.52. The lowest BCUT2D eigenvalue weighted by Gasteiger charge is -2.00. The standard InChI is InChI=1S/C13H8FN3OS/c14-11-3-1-2-9(7-11)6-10(8-15)12(18)17-13-16-4-5-19-13/h1-7H,(H,16,17,18)/b10-6+. The molecule has 1 aromatic heterocycles. The van der Waals surface area contributed by atoms with Crippen molar-refractivity contribution in [3.8, 4) is 6.07 Å². The zero-order valence-corrected chi connectivity index (χ0v) is 10.4. The van der Waals surface area contributed by atoms with Crippen LogP contribution in [0.3, 0.4) is 0 Å². The Morgan fingerprint density at radius 1 is 1.53 bits per heavy atom. The van der Waals surface area contributed by atoms with Gasteiger partial charge in [-0.05, 0) is 23.8 Å². The van der Waals surface area contributed by atoms with Crippen LogP contribution < -0.4 is 5.32 Å². The van der Waals surface area contributed by atoms with Crippen LogP contribution in [0.1, 0.15) is 5.56 Å².